The Morgan fingerprint density at radius 1 is 0.951 bits per heavy atom. The molecule has 0 aliphatic carbocycles. The number of rotatable bonds is 7. The van der Waals surface area contributed by atoms with E-state index >= 15 is 0 Å². The van der Waals surface area contributed by atoms with Gasteiger partial charge in [0.1, 0.15) is 0 Å². The first-order valence-corrected chi connectivity index (χ1v) is 12.5. The zero-order valence-electron chi connectivity index (χ0n) is 21.8. The topological polar surface area (TPSA) is 85.4 Å². The van der Waals surface area contributed by atoms with Crippen LogP contribution in [0.3, 0.4) is 0 Å². The first-order valence-electron chi connectivity index (χ1n) is 12.5. The molecular weight excluding hydrogens is 579 g/mol. The van der Waals surface area contributed by atoms with Crippen LogP contribution in [0.4, 0.5) is 50.0 Å². The second-order valence-electron chi connectivity index (χ2n) is 10.2. The van der Waals surface area contributed by atoms with Crippen molar-refractivity contribution in [1.82, 2.24) is 15.1 Å². The highest BCUT2D eigenvalue weighted by Gasteiger charge is 2.60. The summed E-state index contributed by atoms with van der Waals surface area (Å²) in [6.07, 6.45) is -21.4. The molecule has 0 spiro atoms. The van der Waals surface area contributed by atoms with E-state index in [1.165, 1.54) is 6.07 Å². The fourth-order valence-electron chi connectivity index (χ4n) is 4.70. The van der Waals surface area contributed by atoms with Gasteiger partial charge in [-0.2, -0.15) is 39.5 Å². The lowest BCUT2D eigenvalue weighted by Crippen LogP contribution is -2.53. The number of benzene rings is 1. The van der Waals surface area contributed by atoms with Gasteiger partial charge in [-0.05, 0) is 37.5 Å². The normalized spacial score (nSPS) is 19.0. The lowest BCUT2D eigenvalue weighted by atomic mass is 9.89. The zero-order chi connectivity index (χ0) is 30.8. The molecule has 3 rings (SSSR count). The maximum atomic E-state index is 13.5. The quantitative estimate of drug-likeness (QED) is 0.442. The number of hydrogen-bond acceptors (Lipinski definition) is 6. The summed E-state index contributed by atoms with van der Waals surface area (Å²) >= 11 is 0. The third-order valence-corrected chi connectivity index (χ3v) is 7.12. The second kappa shape index (κ2) is 12.1. The van der Waals surface area contributed by atoms with Crippen LogP contribution in [-0.2, 0) is 22.3 Å². The van der Waals surface area contributed by atoms with Crippen molar-refractivity contribution in [1.29, 1.82) is 0 Å². The molecule has 0 unspecified atom stereocenters. The van der Waals surface area contributed by atoms with Crippen LogP contribution in [0.15, 0.2) is 18.2 Å². The van der Waals surface area contributed by atoms with E-state index in [2.05, 4.69) is 10.1 Å². The number of aliphatic carboxylic acids is 1. The minimum atomic E-state index is -5.84. The number of alkyl halides is 9. The van der Waals surface area contributed by atoms with Crippen molar-refractivity contribution < 1.29 is 58.9 Å². The Labute approximate surface area is 229 Å². The van der Waals surface area contributed by atoms with Gasteiger partial charge in [0.05, 0.1) is 12.1 Å². The van der Waals surface area contributed by atoms with Gasteiger partial charge in [-0.25, -0.2) is 4.79 Å². The molecule has 1 aromatic carbocycles. The molecule has 0 aromatic heterocycles. The minimum Gasteiger partial charge on any atom is -0.480 e. The zero-order valence-corrected chi connectivity index (χ0v) is 21.8. The summed E-state index contributed by atoms with van der Waals surface area (Å²) in [7, 11) is 0. The highest BCUT2D eigenvalue weighted by atomic mass is 19.4. The summed E-state index contributed by atoms with van der Waals surface area (Å²) in [6, 6.07) is 3.25. The molecule has 17 heteroatoms. The fourth-order valence-corrected chi connectivity index (χ4v) is 4.70. The van der Waals surface area contributed by atoms with Crippen molar-refractivity contribution in [2.24, 2.45) is 0 Å². The predicted molar refractivity (Wildman–Crippen MR) is 126 cm³/mol. The molecule has 41 heavy (non-hydrogen) atoms. The Morgan fingerprint density at radius 2 is 1.51 bits per heavy atom. The molecule has 2 aliphatic heterocycles. The first kappa shape index (κ1) is 32.6. The smallest absolute Gasteiger partial charge is 0.434 e. The third kappa shape index (κ3) is 8.77. The number of carboxylic acids is 1. The van der Waals surface area contributed by atoms with Crippen LogP contribution < -0.4 is 10.2 Å². The number of piperazine rings is 1. The van der Waals surface area contributed by atoms with Gasteiger partial charge in [0.2, 0.25) is 0 Å². The minimum absolute atomic E-state index is 0.0233. The molecule has 2 aliphatic rings. The van der Waals surface area contributed by atoms with E-state index in [1.54, 1.807) is 9.80 Å². The van der Waals surface area contributed by atoms with Gasteiger partial charge in [0.25, 0.3) is 6.10 Å². The summed E-state index contributed by atoms with van der Waals surface area (Å²) in [6.45, 7) is 1.87. The molecule has 1 aromatic rings. The SMILES string of the molecule is CC1(NCC(=O)O)CCN(c2cc(C(F)(F)F)ccc2CN2CCN(C(=O)OC(C(F)(F)F)C(F)(F)F)CC2)CC1. The van der Waals surface area contributed by atoms with Crippen LogP contribution in [-0.4, -0.2) is 96.8 Å². The molecule has 0 atom stereocenters. The molecule has 8 nitrogen and oxygen atoms in total. The van der Waals surface area contributed by atoms with E-state index in [0.29, 0.717) is 42.1 Å². The van der Waals surface area contributed by atoms with Crippen molar-refractivity contribution in [2.75, 3.05) is 50.7 Å². The van der Waals surface area contributed by atoms with Crippen LogP contribution in [0.5, 0.6) is 0 Å². The van der Waals surface area contributed by atoms with Crippen molar-refractivity contribution >= 4 is 17.7 Å². The summed E-state index contributed by atoms with van der Waals surface area (Å²) in [5.74, 6) is -1.04. The summed E-state index contributed by atoms with van der Waals surface area (Å²) < 4.78 is 121. The third-order valence-electron chi connectivity index (χ3n) is 7.12. The number of amides is 1. The van der Waals surface area contributed by atoms with Gasteiger partial charge in [-0.3, -0.25) is 9.69 Å². The number of piperidine rings is 1. The number of carbonyl (C=O) groups is 2. The van der Waals surface area contributed by atoms with Gasteiger partial charge >= 0.3 is 30.6 Å². The average Bonchev–Trinajstić information content (AvgIpc) is 2.85. The number of nitrogens with zero attached hydrogens (tertiary/aromatic N) is 3. The number of carbonyl (C=O) groups excluding carboxylic acids is 1. The number of anilines is 1. The molecule has 2 heterocycles. The molecule has 2 saturated heterocycles. The van der Waals surface area contributed by atoms with E-state index in [0.717, 1.165) is 12.1 Å². The molecule has 0 saturated carbocycles. The molecule has 0 radical (unpaired) electrons. The van der Waals surface area contributed by atoms with Crippen LogP contribution in [0, 0.1) is 0 Å². The monoisotopic (exact) mass is 608 g/mol. The van der Waals surface area contributed by atoms with Crippen molar-refractivity contribution in [3.8, 4) is 0 Å². The average molecular weight is 609 g/mol. The van der Waals surface area contributed by atoms with E-state index in [1.807, 2.05) is 6.92 Å². The number of carboxylic acid groups (broad SMARTS) is 1. The van der Waals surface area contributed by atoms with Gasteiger partial charge in [0, 0.05) is 57.0 Å². The Bertz CT molecular complexity index is 1060. The highest BCUT2D eigenvalue weighted by molar-refractivity contribution is 5.69. The number of hydrogen-bond donors (Lipinski definition) is 2. The predicted octanol–water partition coefficient (Wildman–Crippen LogP) is 4.49. The van der Waals surface area contributed by atoms with Gasteiger partial charge in [-0.15, -0.1) is 0 Å². The fraction of sp³-hybridized carbons (Fsp3) is 0.667. The summed E-state index contributed by atoms with van der Waals surface area (Å²) in [4.78, 5) is 27.1. The lowest BCUT2D eigenvalue weighted by Gasteiger charge is -2.42. The lowest BCUT2D eigenvalue weighted by molar-refractivity contribution is -0.308. The molecule has 2 fully saturated rings. The van der Waals surface area contributed by atoms with Crippen LogP contribution >= 0.6 is 0 Å². The molecule has 2 N–H and O–H groups in total. The number of ether oxygens (including phenoxy) is 1. The Kier molecular flexibility index (Phi) is 9.62. The Morgan fingerprint density at radius 3 is 2.00 bits per heavy atom. The molecule has 0 bridgehead atoms. The van der Waals surface area contributed by atoms with E-state index < -0.39 is 47.8 Å². The van der Waals surface area contributed by atoms with Gasteiger partial charge in [-0.1, -0.05) is 6.07 Å². The standard InChI is InChI=1S/C24H29F9N4O4/c1-21(34-13-18(38)39)4-6-36(7-5-21)17-12-16(22(25,26)27)3-2-15(17)14-35-8-10-37(11-9-35)20(40)41-19(23(28,29)30)24(31,32)33/h2-3,12,19,34H,4-11,13-14H2,1H3,(H,38,39). The maximum Gasteiger partial charge on any atom is 0.434 e. The Hall–Kier alpha value is -2.95. The van der Waals surface area contributed by atoms with Gasteiger partial charge in [0.15, 0.2) is 0 Å². The van der Waals surface area contributed by atoms with Crippen LogP contribution in [0.25, 0.3) is 0 Å². The van der Waals surface area contributed by atoms with Crippen molar-refractivity contribution in [3.63, 3.8) is 0 Å². The van der Waals surface area contributed by atoms with Crippen molar-refractivity contribution in [2.45, 2.75) is 56.5 Å². The van der Waals surface area contributed by atoms with Gasteiger partial charge < -0.3 is 25.0 Å². The number of halogens is 9. The first-order chi connectivity index (χ1) is 18.8. The molecular formula is C24H29F9N4O4. The largest absolute Gasteiger partial charge is 0.480 e. The molecule has 1 amide bonds. The second-order valence-corrected chi connectivity index (χ2v) is 10.2. The summed E-state index contributed by atoms with van der Waals surface area (Å²) in [5, 5.41) is 11.9. The van der Waals surface area contributed by atoms with Crippen molar-refractivity contribution in [3.05, 3.63) is 29.3 Å². The van der Waals surface area contributed by atoms with E-state index in [9.17, 15) is 49.1 Å². The Balaban J connectivity index is 1.68. The van der Waals surface area contributed by atoms with Crippen LogP contribution in [0.2, 0.25) is 0 Å². The van der Waals surface area contributed by atoms with E-state index in [-0.39, 0.29) is 39.3 Å². The van der Waals surface area contributed by atoms with Crippen LogP contribution in [0.1, 0.15) is 30.9 Å². The van der Waals surface area contributed by atoms with E-state index in [4.69, 9.17) is 5.11 Å². The highest BCUT2D eigenvalue weighted by Crippen LogP contribution is 2.37. The maximum absolute atomic E-state index is 13.5. The molecule has 232 valence electrons. The summed E-state index contributed by atoms with van der Waals surface area (Å²) in [5.41, 5.74) is -0.589. The number of nitrogens with one attached hydrogen (secondary N) is 1.